The van der Waals surface area contributed by atoms with Crippen molar-refractivity contribution >= 4 is 17.3 Å². The maximum atomic E-state index is 5.30. The summed E-state index contributed by atoms with van der Waals surface area (Å²) in [6.07, 6.45) is 8.12. The Labute approximate surface area is 114 Å². The zero-order valence-electron chi connectivity index (χ0n) is 10.9. The van der Waals surface area contributed by atoms with Crippen LogP contribution >= 0.6 is 12.2 Å². The van der Waals surface area contributed by atoms with Gasteiger partial charge in [0, 0.05) is 6.04 Å². The smallest absolute Gasteiger partial charge is 0.166 e. The molecule has 4 heteroatoms. The van der Waals surface area contributed by atoms with Crippen molar-refractivity contribution in [2.75, 3.05) is 0 Å². The Morgan fingerprint density at radius 3 is 2.78 bits per heavy atom. The Morgan fingerprint density at radius 1 is 1.39 bits per heavy atom. The molecule has 0 bridgehead atoms. The Balaban J connectivity index is 1.65. The van der Waals surface area contributed by atoms with E-state index in [2.05, 4.69) is 17.6 Å². The van der Waals surface area contributed by atoms with Crippen LogP contribution in [0.3, 0.4) is 0 Å². The van der Waals surface area contributed by atoms with Crippen LogP contribution < -0.4 is 10.6 Å². The molecule has 0 amide bonds. The molecule has 0 aromatic carbocycles. The number of nitrogens with one attached hydrogen (secondary N) is 2. The molecule has 2 N–H and O–H groups in total. The number of rotatable bonds is 4. The summed E-state index contributed by atoms with van der Waals surface area (Å²) < 4.78 is 5.25. The van der Waals surface area contributed by atoms with Gasteiger partial charge in [0.15, 0.2) is 5.11 Å². The summed E-state index contributed by atoms with van der Waals surface area (Å²) in [5, 5.41) is 7.33. The van der Waals surface area contributed by atoms with Gasteiger partial charge in [0.05, 0.1) is 12.8 Å². The summed E-state index contributed by atoms with van der Waals surface area (Å²) in [7, 11) is 0. The Kier molecular flexibility index (Phi) is 5.05. The van der Waals surface area contributed by atoms with Crippen LogP contribution in [0, 0.1) is 5.92 Å². The SMILES string of the molecule is CCC1CCC(NC(=S)NCc2ccco2)CC1. The highest BCUT2D eigenvalue weighted by Gasteiger charge is 2.20. The summed E-state index contributed by atoms with van der Waals surface area (Å²) in [6.45, 7) is 2.94. The van der Waals surface area contributed by atoms with Crippen molar-refractivity contribution in [3.05, 3.63) is 24.2 Å². The average molecular weight is 266 g/mol. The lowest BCUT2D eigenvalue weighted by atomic mass is 9.85. The minimum Gasteiger partial charge on any atom is -0.467 e. The van der Waals surface area contributed by atoms with E-state index in [-0.39, 0.29) is 0 Å². The zero-order chi connectivity index (χ0) is 12.8. The van der Waals surface area contributed by atoms with Crippen molar-refractivity contribution in [1.29, 1.82) is 0 Å². The molecule has 1 aromatic rings. The van der Waals surface area contributed by atoms with Crippen LogP contribution in [0.2, 0.25) is 0 Å². The largest absolute Gasteiger partial charge is 0.467 e. The topological polar surface area (TPSA) is 37.2 Å². The van der Waals surface area contributed by atoms with Gasteiger partial charge in [0.25, 0.3) is 0 Å². The Bertz CT molecular complexity index is 356. The van der Waals surface area contributed by atoms with Crippen molar-refractivity contribution in [2.45, 2.75) is 51.6 Å². The van der Waals surface area contributed by atoms with Gasteiger partial charge in [-0.3, -0.25) is 0 Å². The van der Waals surface area contributed by atoms with E-state index in [1.807, 2.05) is 12.1 Å². The summed E-state index contributed by atoms with van der Waals surface area (Å²) in [5.74, 6) is 1.83. The molecule has 0 radical (unpaired) electrons. The maximum Gasteiger partial charge on any atom is 0.166 e. The van der Waals surface area contributed by atoms with Gasteiger partial charge in [-0.2, -0.15) is 0 Å². The van der Waals surface area contributed by atoms with Crippen LogP contribution in [0.5, 0.6) is 0 Å². The Hall–Kier alpha value is -1.03. The fraction of sp³-hybridized carbons (Fsp3) is 0.643. The van der Waals surface area contributed by atoms with Gasteiger partial charge in [0.2, 0.25) is 0 Å². The summed E-state index contributed by atoms with van der Waals surface area (Å²) in [5.41, 5.74) is 0. The molecule has 0 spiro atoms. The zero-order valence-corrected chi connectivity index (χ0v) is 11.8. The summed E-state index contributed by atoms with van der Waals surface area (Å²) in [6, 6.07) is 4.38. The molecule has 100 valence electrons. The molecule has 3 nitrogen and oxygen atoms in total. The Morgan fingerprint density at radius 2 is 2.17 bits per heavy atom. The predicted octanol–water partition coefficient (Wildman–Crippen LogP) is 3.21. The first kappa shape index (κ1) is 13.4. The number of hydrogen-bond donors (Lipinski definition) is 2. The molecule has 0 atom stereocenters. The first-order valence-electron chi connectivity index (χ1n) is 6.84. The maximum absolute atomic E-state index is 5.30. The van der Waals surface area contributed by atoms with Gasteiger partial charge in [-0.1, -0.05) is 13.3 Å². The van der Waals surface area contributed by atoms with E-state index in [1.165, 1.54) is 32.1 Å². The molecule has 1 aliphatic rings. The number of furan rings is 1. The number of hydrogen-bond acceptors (Lipinski definition) is 2. The quantitative estimate of drug-likeness (QED) is 0.821. The molecule has 1 aromatic heterocycles. The molecular formula is C14H22N2OS. The fourth-order valence-corrected chi connectivity index (χ4v) is 2.77. The van der Waals surface area contributed by atoms with Gasteiger partial charge in [-0.25, -0.2) is 0 Å². The van der Waals surface area contributed by atoms with E-state index >= 15 is 0 Å². The second kappa shape index (κ2) is 6.78. The van der Waals surface area contributed by atoms with Crippen molar-refractivity contribution in [3.63, 3.8) is 0 Å². The second-order valence-electron chi connectivity index (χ2n) is 5.03. The second-order valence-corrected chi connectivity index (χ2v) is 5.44. The van der Waals surface area contributed by atoms with Crippen LogP contribution in [0.15, 0.2) is 22.8 Å². The van der Waals surface area contributed by atoms with Crippen LogP contribution in [0.25, 0.3) is 0 Å². The first-order chi connectivity index (χ1) is 8.78. The fourth-order valence-electron chi connectivity index (χ4n) is 2.53. The van der Waals surface area contributed by atoms with Gasteiger partial charge in [-0.05, 0) is 56.0 Å². The highest BCUT2D eigenvalue weighted by atomic mass is 32.1. The third-order valence-corrected chi connectivity index (χ3v) is 4.02. The first-order valence-corrected chi connectivity index (χ1v) is 7.25. The monoisotopic (exact) mass is 266 g/mol. The minimum atomic E-state index is 0.546. The van der Waals surface area contributed by atoms with Crippen molar-refractivity contribution in [3.8, 4) is 0 Å². The van der Waals surface area contributed by atoms with Gasteiger partial charge in [-0.15, -0.1) is 0 Å². The van der Waals surface area contributed by atoms with E-state index in [0.717, 1.165) is 16.8 Å². The lowest BCUT2D eigenvalue weighted by molar-refractivity contribution is 0.304. The molecule has 0 unspecified atom stereocenters. The molecule has 1 fully saturated rings. The van der Waals surface area contributed by atoms with Crippen LogP contribution in [0.1, 0.15) is 44.8 Å². The van der Waals surface area contributed by atoms with Crippen LogP contribution in [-0.2, 0) is 6.54 Å². The minimum absolute atomic E-state index is 0.546. The predicted molar refractivity (Wildman–Crippen MR) is 77.3 cm³/mol. The average Bonchev–Trinajstić information content (AvgIpc) is 2.90. The van der Waals surface area contributed by atoms with E-state index in [4.69, 9.17) is 16.6 Å². The lowest BCUT2D eigenvalue weighted by Gasteiger charge is -2.29. The van der Waals surface area contributed by atoms with Crippen LogP contribution in [-0.4, -0.2) is 11.2 Å². The normalized spacial score (nSPS) is 23.6. The molecule has 18 heavy (non-hydrogen) atoms. The van der Waals surface area contributed by atoms with E-state index in [0.29, 0.717) is 12.6 Å². The van der Waals surface area contributed by atoms with Crippen LogP contribution in [0.4, 0.5) is 0 Å². The van der Waals surface area contributed by atoms with E-state index in [1.54, 1.807) is 6.26 Å². The highest BCUT2D eigenvalue weighted by Crippen LogP contribution is 2.26. The lowest BCUT2D eigenvalue weighted by Crippen LogP contribution is -2.43. The van der Waals surface area contributed by atoms with E-state index < -0.39 is 0 Å². The third-order valence-electron chi connectivity index (χ3n) is 3.76. The molecule has 1 aliphatic carbocycles. The van der Waals surface area contributed by atoms with Crippen molar-refractivity contribution in [1.82, 2.24) is 10.6 Å². The summed E-state index contributed by atoms with van der Waals surface area (Å²) in [4.78, 5) is 0. The molecule has 0 saturated heterocycles. The number of thiocarbonyl (C=S) groups is 1. The third kappa shape index (κ3) is 4.02. The molecule has 1 saturated carbocycles. The van der Waals surface area contributed by atoms with Gasteiger partial charge in [0.1, 0.15) is 5.76 Å². The standard InChI is InChI=1S/C14H22N2OS/c1-2-11-5-7-12(8-6-11)16-14(18)15-10-13-4-3-9-17-13/h3-4,9,11-12H,2,5-8,10H2,1H3,(H2,15,16,18). The van der Waals surface area contributed by atoms with E-state index in [9.17, 15) is 0 Å². The van der Waals surface area contributed by atoms with Crippen molar-refractivity contribution in [2.24, 2.45) is 5.92 Å². The molecule has 0 aliphatic heterocycles. The molecule has 2 rings (SSSR count). The van der Waals surface area contributed by atoms with Gasteiger partial charge >= 0.3 is 0 Å². The summed E-state index contributed by atoms with van der Waals surface area (Å²) >= 11 is 5.30. The van der Waals surface area contributed by atoms with Gasteiger partial charge < -0.3 is 15.1 Å². The van der Waals surface area contributed by atoms with Crippen molar-refractivity contribution < 1.29 is 4.42 Å². The molecule has 1 heterocycles. The molecular weight excluding hydrogens is 244 g/mol. The highest BCUT2D eigenvalue weighted by molar-refractivity contribution is 7.80.